The molecule has 0 bridgehead atoms. The van der Waals surface area contributed by atoms with Gasteiger partial charge in [0, 0.05) is 11.8 Å². The lowest BCUT2D eigenvalue weighted by atomic mass is 10.1. The van der Waals surface area contributed by atoms with Gasteiger partial charge in [0.05, 0.1) is 11.1 Å². The molecule has 3 nitrogen and oxygen atoms in total. The topological polar surface area (TPSA) is 59.1 Å². The summed E-state index contributed by atoms with van der Waals surface area (Å²) in [5.74, 6) is 0. The van der Waals surface area contributed by atoms with Gasteiger partial charge in [-0.25, -0.2) is 4.98 Å². The fourth-order valence-corrected chi connectivity index (χ4v) is 1.22. The second-order valence-electron chi connectivity index (χ2n) is 2.63. The Hall–Kier alpha value is -0.350. The summed E-state index contributed by atoms with van der Waals surface area (Å²) in [5, 5.41) is 10.1. The van der Waals surface area contributed by atoms with Crippen LogP contribution in [0.1, 0.15) is 18.1 Å². The predicted molar refractivity (Wildman–Crippen MR) is 52.9 cm³/mol. The van der Waals surface area contributed by atoms with E-state index in [1.165, 1.54) is 6.20 Å². The van der Waals surface area contributed by atoms with Crippen LogP contribution in [-0.2, 0) is 0 Å². The zero-order valence-corrected chi connectivity index (χ0v) is 8.39. The number of hydrogen-bond donors (Lipinski definition) is 2. The highest BCUT2D eigenvalue weighted by Crippen LogP contribution is 2.24. The molecule has 0 saturated heterocycles. The van der Waals surface area contributed by atoms with Crippen LogP contribution in [-0.4, -0.2) is 16.6 Å². The van der Waals surface area contributed by atoms with Gasteiger partial charge in [0.1, 0.15) is 5.15 Å². The SMILES string of the molecule is NCCC(O)c1cnc(Cl)c(Cl)c1. The molecule has 0 saturated carbocycles. The molecular weight excluding hydrogens is 211 g/mol. The third-order valence-corrected chi connectivity index (χ3v) is 2.33. The molecule has 0 radical (unpaired) electrons. The van der Waals surface area contributed by atoms with Crippen molar-refractivity contribution < 1.29 is 5.11 Å². The second-order valence-corrected chi connectivity index (χ2v) is 3.40. The van der Waals surface area contributed by atoms with Crippen LogP contribution in [0.2, 0.25) is 10.2 Å². The van der Waals surface area contributed by atoms with E-state index in [2.05, 4.69) is 4.98 Å². The van der Waals surface area contributed by atoms with Crippen LogP contribution in [0, 0.1) is 0 Å². The minimum atomic E-state index is -0.618. The van der Waals surface area contributed by atoms with Gasteiger partial charge in [-0.3, -0.25) is 0 Å². The molecule has 0 fully saturated rings. The third-order valence-electron chi connectivity index (χ3n) is 1.64. The Bertz CT molecular complexity index is 293. The lowest BCUT2D eigenvalue weighted by Crippen LogP contribution is -2.06. The predicted octanol–water partition coefficient (Wildman–Crippen LogP) is 1.77. The van der Waals surface area contributed by atoms with Gasteiger partial charge in [0.25, 0.3) is 0 Å². The number of halogens is 2. The first-order valence-corrected chi connectivity index (χ1v) is 4.60. The van der Waals surface area contributed by atoms with Crippen molar-refractivity contribution in [1.29, 1.82) is 0 Å². The van der Waals surface area contributed by atoms with Crippen LogP contribution in [0.15, 0.2) is 12.3 Å². The number of aliphatic hydroxyl groups is 1. The van der Waals surface area contributed by atoms with Crippen molar-refractivity contribution in [3.63, 3.8) is 0 Å². The van der Waals surface area contributed by atoms with E-state index in [0.29, 0.717) is 23.6 Å². The summed E-state index contributed by atoms with van der Waals surface area (Å²) in [5.41, 5.74) is 5.93. The summed E-state index contributed by atoms with van der Waals surface area (Å²) in [4.78, 5) is 3.81. The van der Waals surface area contributed by atoms with Gasteiger partial charge >= 0.3 is 0 Å². The van der Waals surface area contributed by atoms with Crippen molar-refractivity contribution in [3.8, 4) is 0 Å². The van der Waals surface area contributed by atoms with Crippen molar-refractivity contribution >= 4 is 23.2 Å². The van der Waals surface area contributed by atoms with Gasteiger partial charge in [-0.1, -0.05) is 23.2 Å². The molecule has 0 amide bonds. The number of nitrogens with two attached hydrogens (primary N) is 1. The number of pyridine rings is 1. The lowest BCUT2D eigenvalue weighted by Gasteiger charge is -2.09. The molecule has 1 atom stereocenters. The normalized spacial score (nSPS) is 12.9. The average molecular weight is 221 g/mol. The molecule has 0 spiro atoms. The van der Waals surface area contributed by atoms with Gasteiger partial charge in [-0.2, -0.15) is 0 Å². The first-order valence-electron chi connectivity index (χ1n) is 3.84. The fourth-order valence-electron chi connectivity index (χ4n) is 0.943. The molecular formula is C8H10Cl2N2O. The Balaban J connectivity index is 2.84. The second kappa shape index (κ2) is 4.77. The van der Waals surface area contributed by atoms with Crippen molar-refractivity contribution in [1.82, 2.24) is 4.98 Å². The van der Waals surface area contributed by atoms with Gasteiger partial charge in [0.2, 0.25) is 0 Å². The molecule has 0 aliphatic rings. The van der Waals surface area contributed by atoms with Gasteiger partial charge in [-0.15, -0.1) is 0 Å². The lowest BCUT2D eigenvalue weighted by molar-refractivity contribution is 0.170. The molecule has 1 rings (SSSR count). The molecule has 1 aromatic rings. The molecule has 0 aliphatic heterocycles. The van der Waals surface area contributed by atoms with Crippen molar-refractivity contribution in [2.24, 2.45) is 5.73 Å². The largest absolute Gasteiger partial charge is 0.388 e. The number of aliphatic hydroxyl groups excluding tert-OH is 1. The Morgan fingerprint density at radius 2 is 2.23 bits per heavy atom. The van der Waals surface area contributed by atoms with Crippen LogP contribution < -0.4 is 5.73 Å². The highest BCUT2D eigenvalue weighted by atomic mass is 35.5. The van der Waals surface area contributed by atoms with E-state index in [9.17, 15) is 5.11 Å². The summed E-state index contributed by atoms with van der Waals surface area (Å²) in [7, 11) is 0. The van der Waals surface area contributed by atoms with Crippen LogP contribution in [0.5, 0.6) is 0 Å². The molecule has 0 aliphatic carbocycles. The van der Waals surface area contributed by atoms with E-state index in [1.54, 1.807) is 6.07 Å². The molecule has 5 heteroatoms. The van der Waals surface area contributed by atoms with Crippen LogP contribution >= 0.6 is 23.2 Å². The summed E-state index contributed by atoms with van der Waals surface area (Å²) < 4.78 is 0. The third kappa shape index (κ3) is 2.81. The summed E-state index contributed by atoms with van der Waals surface area (Å²) >= 11 is 11.3. The maximum Gasteiger partial charge on any atom is 0.147 e. The van der Waals surface area contributed by atoms with Gasteiger partial charge < -0.3 is 10.8 Å². The smallest absolute Gasteiger partial charge is 0.147 e. The van der Waals surface area contributed by atoms with Crippen molar-refractivity contribution in [2.75, 3.05) is 6.54 Å². The quantitative estimate of drug-likeness (QED) is 0.764. The van der Waals surface area contributed by atoms with Gasteiger partial charge in [0.15, 0.2) is 0 Å². The Labute approximate surface area is 86.5 Å². The molecule has 1 heterocycles. The highest BCUT2D eigenvalue weighted by Gasteiger charge is 2.08. The Kier molecular flexibility index (Phi) is 3.93. The molecule has 3 N–H and O–H groups in total. The zero-order chi connectivity index (χ0) is 9.84. The summed E-state index contributed by atoms with van der Waals surface area (Å²) in [6, 6.07) is 1.59. The van der Waals surface area contributed by atoms with E-state index in [-0.39, 0.29) is 5.15 Å². The van der Waals surface area contributed by atoms with Crippen LogP contribution in [0.3, 0.4) is 0 Å². The van der Waals surface area contributed by atoms with E-state index >= 15 is 0 Å². The minimum Gasteiger partial charge on any atom is -0.388 e. The Morgan fingerprint density at radius 1 is 1.54 bits per heavy atom. The number of rotatable bonds is 3. The van der Waals surface area contributed by atoms with E-state index in [0.717, 1.165) is 0 Å². The summed E-state index contributed by atoms with van der Waals surface area (Å²) in [6.07, 6.45) is 1.36. The summed E-state index contributed by atoms with van der Waals surface area (Å²) in [6.45, 7) is 0.418. The van der Waals surface area contributed by atoms with E-state index in [1.807, 2.05) is 0 Å². The number of hydrogen-bond acceptors (Lipinski definition) is 3. The first-order chi connectivity index (χ1) is 6.15. The maximum atomic E-state index is 9.51. The molecule has 13 heavy (non-hydrogen) atoms. The molecule has 0 aromatic carbocycles. The molecule has 72 valence electrons. The maximum absolute atomic E-state index is 9.51. The van der Waals surface area contributed by atoms with Crippen LogP contribution in [0.25, 0.3) is 0 Å². The Morgan fingerprint density at radius 3 is 2.77 bits per heavy atom. The minimum absolute atomic E-state index is 0.241. The fraction of sp³-hybridized carbons (Fsp3) is 0.375. The highest BCUT2D eigenvalue weighted by molar-refractivity contribution is 6.41. The first kappa shape index (κ1) is 10.7. The van der Waals surface area contributed by atoms with Gasteiger partial charge in [-0.05, 0) is 19.0 Å². The average Bonchev–Trinajstić information content (AvgIpc) is 2.10. The number of aromatic nitrogens is 1. The number of nitrogens with zero attached hydrogens (tertiary/aromatic N) is 1. The monoisotopic (exact) mass is 220 g/mol. The van der Waals surface area contributed by atoms with Crippen LogP contribution in [0.4, 0.5) is 0 Å². The van der Waals surface area contributed by atoms with Crippen molar-refractivity contribution in [2.45, 2.75) is 12.5 Å². The standard InChI is InChI=1S/C8H10Cl2N2O/c9-6-3-5(4-12-8(6)10)7(13)1-2-11/h3-4,7,13H,1-2,11H2. The molecule has 1 unspecified atom stereocenters. The van der Waals surface area contributed by atoms with E-state index < -0.39 is 6.10 Å². The molecule has 1 aromatic heterocycles. The van der Waals surface area contributed by atoms with Crippen molar-refractivity contribution in [3.05, 3.63) is 28.0 Å². The zero-order valence-electron chi connectivity index (χ0n) is 6.87. The van der Waals surface area contributed by atoms with E-state index in [4.69, 9.17) is 28.9 Å².